The molecule has 0 aromatic heterocycles. The van der Waals surface area contributed by atoms with E-state index >= 15 is 0 Å². The third-order valence-electron chi connectivity index (χ3n) is 4.74. The van der Waals surface area contributed by atoms with Crippen LogP contribution >= 0.6 is 17.2 Å². The average Bonchev–Trinajstić information content (AvgIpc) is 3.20. The van der Waals surface area contributed by atoms with Crippen LogP contribution in [0.25, 0.3) is 28.3 Å². The molecule has 119 valence electrons. The summed E-state index contributed by atoms with van der Waals surface area (Å²) in [7, 11) is 13.4. The van der Waals surface area contributed by atoms with Gasteiger partial charge in [-0.15, -0.1) is 0 Å². The van der Waals surface area contributed by atoms with E-state index in [4.69, 9.17) is 17.2 Å². The van der Waals surface area contributed by atoms with Gasteiger partial charge in [0, 0.05) is 0 Å². The van der Waals surface area contributed by atoms with E-state index in [1.165, 1.54) is 47.2 Å². The van der Waals surface area contributed by atoms with E-state index < -0.39 is 19.1 Å². The molecule has 2 aliphatic carbocycles. The maximum atomic E-state index is 6.69. The van der Waals surface area contributed by atoms with Crippen molar-refractivity contribution in [1.82, 2.24) is 0 Å². The molecule has 0 nitrogen and oxygen atoms in total. The van der Waals surface area contributed by atoms with Gasteiger partial charge in [0.1, 0.15) is 0 Å². The number of halogens is 2. The van der Waals surface area contributed by atoms with Crippen LogP contribution in [0.3, 0.4) is 0 Å². The number of benzene rings is 2. The first-order chi connectivity index (χ1) is 11.6. The molecule has 0 atom stereocenters. The SMILES string of the molecule is CC(C)=c1cc2c([c]([Hf]([Cl])[Cl])c1C1=CC=CC1)=Cc1ccccc1-2. The summed E-state index contributed by atoms with van der Waals surface area (Å²) in [5.41, 5.74) is 7.81. The van der Waals surface area contributed by atoms with E-state index in [1.807, 2.05) is 0 Å². The first-order valence-corrected chi connectivity index (χ1v) is 18.8. The Morgan fingerprint density at radius 2 is 1.88 bits per heavy atom. The Balaban J connectivity index is 2.17. The van der Waals surface area contributed by atoms with Gasteiger partial charge >= 0.3 is 158 Å². The second-order valence-corrected chi connectivity index (χ2v) is 17.9. The molecule has 0 unspecified atom stereocenters. The maximum absolute atomic E-state index is 6.69. The number of fused-ring (bicyclic) bond motifs is 3. The van der Waals surface area contributed by atoms with Crippen LogP contribution in [0.2, 0.25) is 0 Å². The molecule has 2 aliphatic rings. The van der Waals surface area contributed by atoms with Crippen LogP contribution in [0.1, 0.15) is 31.4 Å². The molecule has 0 saturated carbocycles. The second-order valence-electron chi connectivity index (χ2n) is 6.45. The number of hydrogen-bond acceptors (Lipinski definition) is 0. The van der Waals surface area contributed by atoms with Crippen LogP contribution in [-0.2, 0) is 19.1 Å². The minimum atomic E-state index is -2.83. The molecule has 0 fully saturated rings. The summed E-state index contributed by atoms with van der Waals surface area (Å²) < 4.78 is 1.25. The molecule has 0 bridgehead atoms. The van der Waals surface area contributed by atoms with Gasteiger partial charge in [-0.3, -0.25) is 0 Å². The van der Waals surface area contributed by atoms with Crippen molar-refractivity contribution in [1.29, 1.82) is 0 Å². The standard InChI is InChI=1S/C21H17.2ClH.Hf/c1-14(2)19-13-21-17(11-16-9-5-6-10-18(16)21)12-20(19)15-7-3-4-8-15;;;/h3-7,9-11,13H,8H2,1-2H3;2*1H;/q;;;+2/p-2. The predicted molar refractivity (Wildman–Crippen MR) is 103 cm³/mol. The van der Waals surface area contributed by atoms with Crippen LogP contribution in [0.15, 0.2) is 48.6 Å². The summed E-state index contributed by atoms with van der Waals surface area (Å²) in [6, 6.07) is 10.9. The Hall–Kier alpha value is -0.890. The van der Waals surface area contributed by atoms with Crippen LogP contribution in [0, 0.1) is 0 Å². The predicted octanol–water partition coefficient (Wildman–Crippen LogP) is 4.58. The molecule has 0 saturated heterocycles. The van der Waals surface area contributed by atoms with E-state index in [0.717, 1.165) is 6.42 Å². The van der Waals surface area contributed by atoms with Crippen molar-refractivity contribution in [2.75, 3.05) is 0 Å². The molecule has 0 heterocycles. The van der Waals surface area contributed by atoms with Crippen molar-refractivity contribution in [3.8, 4) is 11.1 Å². The Labute approximate surface area is 157 Å². The quantitative estimate of drug-likeness (QED) is 0.436. The van der Waals surface area contributed by atoms with E-state index in [-0.39, 0.29) is 0 Å². The van der Waals surface area contributed by atoms with Crippen molar-refractivity contribution in [3.05, 3.63) is 70.1 Å². The second kappa shape index (κ2) is 6.44. The van der Waals surface area contributed by atoms with Crippen LogP contribution < -0.4 is 13.8 Å². The molecule has 0 aliphatic heterocycles. The van der Waals surface area contributed by atoms with Crippen molar-refractivity contribution >= 4 is 37.7 Å². The zero-order chi connectivity index (χ0) is 16.8. The summed E-state index contributed by atoms with van der Waals surface area (Å²) in [6.45, 7) is 4.35. The molecule has 4 rings (SSSR count). The van der Waals surface area contributed by atoms with Gasteiger partial charge in [-0.05, 0) is 0 Å². The van der Waals surface area contributed by atoms with Gasteiger partial charge in [0.2, 0.25) is 0 Å². The van der Waals surface area contributed by atoms with Gasteiger partial charge in [0.05, 0.1) is 0 Å². The number of rotatable bonds is 2. The summed E-state index contributed by atoms with van der Waals surface area (Å²) in [5.74, 6) is 0. The number of allylic oxidation sites excluding steroid dienone is 4. The van der Waals surface area contributed by atoms with Gasteiger partial charge in [-0.2, -0.15) is 0 Å². The third-order valence-corrected chi connectivity index (χ3v) is 11.1. The monoisotopic (exact) mass is 519 g/mol. The average molecular weight is 519 g/mol. The van der Waals surface area contributed by atoms with Crippen molar-refractivity contribution in [2.24, 2.45) is 0 Å². The fourth-order valence-electron chi connectivity index (χ4n) is 3.65. The fraction of sp³-hybridized carbons (Fsp3) is 0.143. The van der Waals surface area contributed by atoms with Crippen molar-refractivity contribution in [3.63, 3.8) is 0 Å². The molecular formula is C21H17Cl2Hf. The van der Waals surface area contributed by atoms with E-state index in [9.17, 15) is 0 Å². The Kier molecular flexibility index (Phi) is 4.45. The van der Waals surface area contributed by atoms with Gasteiger partial charge < -0.3 is 0 Å². The summed E-state index contributed by atoms with van der Waals surface area (Å²) in [4.78, 5) is 0. The molecule has 2 aromatic rings. The Bertz CT molecular complexity index is 1020. The Morgan fingerprint density at radius 1 is 1.08 bits per heavy atom. The van der Waals surface area contributed by atoms with Crippen LogP contribution in [0.5, 0.6) is 0 Å². The zero-order valence-electron chi connectivity index (χ0n) is 13.7. The van der Waals surface area contributed by atoms with Gasteiger partial charge in [0.15, 0.2) is 0 Å². The fourth-order valence-corrected chi connectivity index (χ4v) is 10.1. The molecule has 0 spiro atoms. The van der Waals surface area contributed by atoms with Gasteiger partial charge in [-0.1, -0.05) is 0 Å². The first-order valence-electron chi connectivity index (χ1n) is 8.08. The normalized spacial score (nSPS) is 14.1. The zero-order valence-corrected chi connectivity index (χ0v) is 18.8. The third kappa shape index (κ3) is 2.62. The van der Waals surface area contributed by atoms with Crippen LogP contribution in [-0.4, -0.2) is 0 Å². The number of hydrogen-bond donors (Lipinski definition) is 0. The molecule has 0 amide bonds. The van der Waals surface area contributed by atoms with Gasteiger partial charge in [-0.25, -0.2) is 0 Å². The molecule has 0 N–H and O–H groups in total. The topological polar surface area (TPSA) is 0 Å². The van der Waals surface area contributed by atoms with Gasteiger partial charge in [0.25, 0.3) is 0 Å². The summed E-state index contributed by atoms with van der Waals surface area (Å²) in [6.07, 6.45) is 9.78. The summed E-state index contributed by atoms with van der Waals surface area (Å²) >= 11 is -2.83. The van der Waals surface area contributed by atoms with Crippen molar-refractivity contribution in [2.45, 2.75) is 20.3 Å². The Morgan fingerprint density at radius 3 is 2.54 bits per heavy atom. The molecule has 3 heteroatoms. The summed E-state index contributed by atoms with van der Waals surface area (Å²) in [5, 5.41) is 2.56. The van der Waals surface area contributed by atoms with E-state index in [2.05, 4.69) is 68.5 Å². The van der Waals surface area contributed by atoms with E-state index in [0.29, 0.717) is 0 Å². The molecule has 24 heavy (non-hydrogen) atoms. The van der Waals surface area contributed by atoms with E-state index in [1.54, 1.807) is 0 Å². The molecule has 2 aromatic carbocycles. The van der Waals surface area contributed by atoms with Crippen molar-refractivity contribution < 1.29 is 19.1 Å². The van der Waals surface area contributed by atoms with Crippen LogP contribution in [0.4, 0.5) is 0 Å². The molecular weight excluding hydrogens is 502 g/mol. The minimum absolute atomic E-state index is 0.964. The molecule has 0 radical (unpaired) electrons. The first kappa shape index (κ1) is 16.6.